The van der Waals surface area contributed by atoms with Crippen LogP contribution in [0.4, 0.5) is 0 Å². The molecule has 0 aliphatic heterocycles. The third-order valence-corrected chi connectivity index (χ3v) is 9.47. The maximum absolute atomic E-state index is 11.5. The second-order valence-electron chi connectivity index (χ2n) is 13.7. The van der Waals surface area contributed by atoms with E-state index in [1.165, 1.54) is 173 Å². The van der Waals surface area contributed by atoms with E-state index in [2.05, 4.69) is 13.8 Å². The summed E-state index contributed by atoms with van der Waals surface area (Å²) in [6, 6.07) is 0. The summed E-state index contributed by atoms with van der Waals surface area (Å²) in [7, 11) is 0. The van der Waals surface area contributed by atoms with E-state index in [1.807, 2.05) is 0 Å². The smallest absolute Gasteiger partial charge is 0.235 e. The fraction of sp³-hybridized carbons (Fsp3) is 0.974. The summed E-state index contributed by atoms with van der Waals surface area (Å²) in [5.74, 6) is 0. The standard InChI is InChI=1S/C39H77O3/c1-3-5-7-9-11-13-15-17-19-21-23-25-27-29-31-33-35-38(41)39(42,37-40)36-34-32-30-28-26-24-22-20-18-16-14-12-10-8-6-4-2/h38,41-42H,3-36H2,1-2H3. The first kappa shape index (κ1) is 41.6. The van der Waals surface area contributed by atoms with Gasteiger partial charge in [0.05, 0.1) is 6.10 Å². The van der Waals surface area contributed by atoms with Gasteiger partial charge in [-0.1, -0.05) is 219 Å². The Balaban J connectivity index is 3.52. The molecular weight excluding hydrogens is 516 g/mol. The van der Waals surface area contributed by atoms with Crippen molar-refractivity contribution in [1.29, 1.82) is 0 Å². The van der Waals surface area contributed by atoms with Crippen LogP contribution in [0.2, 0.25) is 0 Å². The predicted molar refractivity (Wildman–Crippen MR) is 185 cm³/mol. The Morgan fingerprint density at radius 2 is 0.667 bits per heavy atom. The van der Waals surface area contributed by atoms with Crippen LogP contribution in [0.1, 0.15) is 232 Å². The Morgan fingerprint density at radius 3 is 0.929 bits per heavy atom. The van der Waals surface area contributed by atoms with Crippen LogP contribution < -0.4 is 0 Å². The maximum atomic E-state index is 11.5. The fourth-order valence-corrected chi connectivity index (χ4v) is 6.35. The van der Waals surface area contributed by atoms with Gasteiger partial charge in [-0.2, -0.15) is 0 Å². The molecule has 42 heavy (non-hydrogen) atoms. The molecule has 0 aliphatic carbocycles. The number of aliphatic hydroxyl groups is 2. The van der Waals surface area contributed by atoms with Crippen molar-refractivity contribution >= 4 is 6.29 Å². The molecular formula is C39H77O3. The highest BCUT2D eigenvalue weighted by Gasteiger charge is 2.35. The zero-order valence-corrected chi connectivity index (χ0v) is 28.9. The Kier molecular flexibility index (Phi) is 33.2. The lowest BCUT2D eigenvalue weighted by molar-refractivity contribution is -0.0370. The molecule has 1 radical (unpaired) electrons. The quantitative estimate of drug-likeness (QED) is 0.0710. The molecule has 0 saturated carbocycles. The highest BCUT2D eigenvalue weighted by atomic mass is 16.3. The highest BCUT2D eigenvalue weighted by molar-refractivity contribution is 5.64. The minimum absolute atomic E-state index is 0.342. The van der Waals surface area contributed by atoms with Gasteiger partial charge >= 0.3 is 0 Å². The number of hydrogen-bond acceptors (Lipinski definition) is 3. The molecule has 2 N–H and O–H groups in total. The molecule has 251 valence electrons. The van der Waals surface area contributed by atoms with E-state index in [-0.39, 0.29) is 0 Å². The normalized spacial score (nSPS) is 13.8. The van der Waals surface area contributed by atoms with E-state index in [0.29, 0.717) is 12.8 Å². The van der Waals surface area contributed by atoms with Crippen molar-refractivity contribution in [2.24, 2.45) is 0 Å². The lowest BCUT2D eigenvalue weighted by atomic mass is 9.88. The molecule has 0 saturated heterocycles. The van der Waals surface area contributed by atoms with Gasteiger partial charge in [-0.05, 0) is 12.8 Å². The first-order valence-corrected chi connectivity index (χ1v) is 19.4. The summed E-state index contributed by atoms with van der Waals surface area (Å²) in [6.45, 7) is 4.56. The van der Waals surface area contributed by atoms with E-state index in [4.69, 9.17) is 0 Å². The van der Waals surface area contributed by atoms with Gasteiger partial charge in [-0.3, -0.25) is 4.79 Å². The molecule has 2 unspecified atom stereocenters. The highest BCUT2D eigenvalue weighted by Crippen LogP contribution is 2.23. The van der Waals surface area contributed by atoms with Crippen molar-refractivity contribution in [3.05, 3.63) is 0 Å². The Hall–Kier alpha value is -0.410. The third kappa shape index (κ3) is 28.4. The number of aliphatic hydroxyl groups excluding tert-OH is 1. The van der Waals surface area contributed by atoms with Crippen LogP contribution in [-0.2, 0) is 4.79 Å². The second kappa shape index (κ2) is 33.5. The number of unbranched alkanes of at least 4 members (excludes halogenated alkanes) is 30. The summed E-state index contributed by atoms with van der Waals surface area (Å²) in [4.78, 5) is 11.5. The molecule has 0 rings (SSSR count). The van der Waals surface area contributed by atoms with Gasteiger partial charge in [0.2, 0.25) is 6.29 Å². The van der Waals surface area contributed by atoms with Crippen molar-refractivity contribution < 1.29 is 15.0 Å². The van der Waals surface area contributed by atoms with Gasteiger partial charge in [0.1, 0.15) is 0 Å². The van der Waals surface area contributed by atoms with Gasteiger partial charge < -0.3 is 10.2 Å². The van der Waals surface area contributed by atoms with Gasteiger partial charge in [0.15, 0.2) is 5.60 Å². The van der Waals surface area contributed by atoms with Crippen LogP contribution in [-0.4, -0.2) is 28.2 Å². The molecule has 0 bridgehead atoms. The van der Waals surface area contributed by atoms with E-state index in [1.54, 1.807) is 6.29 Å². The number of hydrogen-bond donors (Lipinski definition) is 2. The van der Waals surface area contributed by atoms with Gasteiger partial charge in [-0.25, -0.2) is 0 Å². The summed E-state index contributed by atoms with van der Waals surface area (Å²) in [5, 5.41) is 21.2. The molecule has 0 fully saturated rings. The summed E-state index contributed by atoms with van der Waals surface area (Å²) >= 11 is 0. The average molecular weight is 594 g/mol. The summed E-state index contributed by atoms with van der Waals surface area (Å²) in [6.07, 6.45) is 43.6. The van der Waals surface area contributed by atoms with E-state index in [0.717, 1.165) is 32.1 Å². The second-order valence-corrected chi connectivity index (χ2v) is 13.7. The summed E-state index contributed by atoms with van der Waals surface area (Å²) < 4.78 is 0. The third-order valence-electron chi connectivity index (χ3n) is 9.47. The first-order chi connectivity index (χ1) is 20.6. The molecule has 0 aliphatic rings. The predicted octanol–water partition coefficient (Wildman–Crippen LogP) is 12.5. The molecule has 3 nitrogen and oxygen atoms in total. The Morgan fingerprint density at radius 1 is 0.429 bits per heavy atom. The van der Waals surface area contributed by atoms with Gasteiger partial charge in [0, 0.05) is 0 Å². The fourth-order valence-electron chi connectivity index (χ4n) is 6.35. The van der Waals surface area contributed by atoms with Crippen LogP contribution in [0, 0.1) is 0 Å². The number of rotatable bonds is 36. The Bertz CT molecular complexity index is 522. The van der Waals surface area contributed by atoms with Crippen LogP contribution in [0.5, 0.6) is 0 Å². The van der Waals surface area contributed by atoms with E-state index >= 15 is 0 Å². The zero-order chi connectivity index (χ0) is 30.8. The zero-order valence-electron chi connectivity index (χ0n) is 28.9. The maximum Gasteiger partial charge on any atom is 0.235 e. The lowest BCUT2D eigenvalue weighted by Gasteiger charge is -2.27. The first-order valence-electron chi connectivity index (χ1n) is 19.4. The average Bonchev–Trinajstić information content (AvgIpc) is 3.00. The van der Waals surface area contributed by atoms with Crippen molar-refractivity contribution in [2.45, 2.75) is 244 Å². The van der Waals surface area contributed by atoms with Gasteiger partial charge in [0.25, 0.3) is 0 Å². The molecule has 0 aromatic rings. The molecule has 0 heterocycles. The van der Waals surface area contributed by atoms with Gasteiger partial charge in [-0.15, -0.1) is 0 Å². The lowest BCUT2D eigenvalue weighted by Crippen LogP contribution is -2.43. The van der Waals surface area contributed by atoms with Crippen LogP contribution >= 0.6 is 0 Å². The number of carbonyl (C=O) groups excluding carboxylic acids is 1. The monoisotopic (exact) mass is 594 g/mol. The molecule has 3 heteroatoms. The van der Waals surface area contributed by atoms with Crippen LogP contribution in [0.15, 0.2) is 0 Å². The summed E-state index contributed by atoms with van der Waals surface area (Å²) in [5.41, 5.74) is -1.68. The van der Waals surface area contributed by atoms with Crippen LogP contribution in [0.25, 0.3) is 0 Å². The molecule has 0 aromatic carbocycles. The van der Waals surface area contributed by atoms with Crippen molar-refractivity contribution in [1.82, 2.24) is 0 Å². The minimum Gasteiger partial charge on any atom is -0.390 e. The molecule has 0 aromatic heterocycles. The molecule has 0 amide bonds. The van der Waals surface area contributed by atoms with E-state index in [9.17, 15) is 15.0 Å². The van der Waals surface area contributed by atoms with Crippen molar-refractivity contribution in [2.75, 3.05) is 0 Å². The molecule has 2 atom stereocenters. The van der Waals surface area contributed by atoms with Crippen molar-refractivity contribution in [3.8, 4) is 0 Å². The molecule has 0 spiro atoms. The topological polar surface area (TPSA) is 57.5 Å². The van der Waals surface area contributed by atoms with Crippen LogP contribution in [0.3, 0.4) is 0 Å². The SMILES string of the molecule is CCCCCCCCCCCCCCCCCCC(O)C(O)([C]=O)CCCCCCCCCCCCCCCCCC. The Labute approximate surface area is 264 Å². The van der Waals surface area contributed by atoms with E-state index < -0.39 is 11.7 Å². The van der Waals surface area contributed by atoms with Crippen molar-refractivity contribution in [3.63, 3.8) is 0 Å². The largest absolute Gasteiger partial charge is 0.390 e. The minimum atomic E-state index is -1.68.